The van der Waals surface area contributed by atoms with Crippen molar-refractivity contribution in [3.63, 3.8) is 0 Å². The van der Waals surface area contributed by atoms with Gasteiger partial charge in [-0.3, -0.25) is 0 Å². The Hall–Kier alpha value is -1.38. The summed E-state index contributed by atoms with van der Waals surface area (Å²) in [6.45, 7) is 3.66. The fourth-order valence-electron chi connectivity index (χ4n) is 0.840. The maximum Gasteiger partial charge on any atom is 0.192 e. The molecule has 0 aromatic carbocycles. The molecule has 1 aromatic rings. The number of nitrogens with zero attached hydrogens (tertiary/aromatic N) is 1. The molecule has 0 spiro atoms. The van der Waals surface area contributed by atoms with Crippen molar-refractivity contribution in [1.29, 1.82) is 5.41 Å². The first-order valence-corrected chi connectivity index (χ1v) is 3.38. The van der Waals surface area contributed by atoms with Gasteiger partial charge in [0.25, 0.3) is 0 Å². The van der Waals surface area contributed by atoms with E-state index in [9.17, 15) is 0 Å². The lowest BCUT2D eigenvalue weighted by molar-refractivity contribution is 0.515. The monoisotopic (exact) mass is 150 g/mol. The van der Waals surface area contributed by atoms with Crippen molar-refractivity contribution in [2.75, 3.05) is 0 Å². The maximum atomic E-state index is 6.98. The molecule has 0 aliphatic rings. The van der Waals surface area contributed by atoms with E-state index in [4.69, 9.17) is 9.83 Å². The van der Waals surface area contributed by atoms with Crippen molar-refractivity contribution in [2.24, 2.45) is 0 Å². The second-order valence-electron chi connectivity index (χ2n) is 2.13. The largest absolute Gasteiger partial charge is 0.439 e. The van der Waals surface area contributed by atoms with Crippen molar-refractivity contribution >= 4 is 12.3 Å². The van der Waals surface area contributed by atoms with Crippen molar-refractivity contribution in [3.8, 4) is 0 Å². The van der Waals surface area contributed by atoms with Gasteiger partial charge in [-0.2, -0.15) is 0 Å². The van der Waals surface area contributed by atoms with E-state index >= 15 is 0 Å². The van der Waals surface area contributed by atoms with Gasteiger partial charge in [-0.15, -0.1) is 0 Å². The molecule has 0 aliphatic carbocycles. The Bertz CT molecular complexity index is 286. The molecule has 0 aliphatic heterocycles. The zero-order chi connectivity index (χ0) is 8.27. The second-order valence-corrected chi connectivity index (χ2v) is 2.13. The molecule has 1 aromatic heterocycles. The van der Waals surface area contributed by atoms with E-state index in [1.165, 1.54) is 0 Å². The molecule has 1 N–H and O–H groups in total. The topological polar surface area (TPSA) is 49.9 Å². The van der Waals surface area contributed by atoms with E-state index in [1.54, 1.807) is 6.92 Å². The SMILES string of the molecule is C/C=C\c1nc(C)oc1C=N. The van der Waals surface area contributed by atoms with Crippen LogP contribution in [0.1, 0.15) is 24.3 Å². The smallest absolute Gasteiger partial charge is 0.192 e. The highest BCUT2D eigenvalue weighted by Crippen LogP contribution is 2.09. The van der Waals surface area contributed by atoms with Gasteiger partial charge in [-0.25, -0.2) is 4.98 Å². The van der Waals surface area contributed by atoms with Crippen molar-refractivity contribution in [3.05, 3.63) is 23.4 Å². The molecule has 1 rings (SSSR count). The molecule has 0 amide bonds. The normalized spacial score (nSPS) is 10.7. The Morgan fingerprint density at radius 2 is 2.27 bits per heavy atom. The third-order valence-electron chi connectivity index (χ3n) is 1.24. The van der Waals surface area contributed by atoms with Crippen LogP contribution in [-0.4, -0.2) is 11.2 Å². The van der Waals surface area contributed by atoms with E-state index in [-0.39, 0.29) is 0 Å². The molecule has 0 saturated carbocycles. The van der Waals surface area contributed by atoms with Gasteiger partial charge in [0.2, 0.25) is 0 Å². The Morgan fingerprint density at radius 3 is 2.82 bits per heavy atom. The molecule has 3 nitrogen and oxygen atoms in total. The summed E-state index contributed by atoms with van der Waals surface area (Å²) in [5.41, 5.74) is 0.722. The number of oxazole rings is 1. The minimum absolute atomic E-state index is 0.514. The average Bonchev–Trinajstić information content (AvgIpc) is 2.32. The summed E-state index contributed by atoms with van der Waals surface area (Å²) in [4.78, 5) is 4.07. The van der Waals surface area contributed by atoms with E-state index in [1.807, 2.05) is 19.1 Å². The summed E-state index contributed by atoms with van der Waals surface area (Å²) in [5.74, 6) is 1.11. The molecule has 1 heterocycles. The van der Waals surface area contributed by atoms with Crippen LogP contribution in [0, 0.1) is 12.3 Å². The zero-order valence-electron chi connectivity index (χ0n) is 6.59. The van der Waals surface area contributed by atoms with Gasteiger partial charge in [-0.1, -0.05) is 6.08 Å². The molecule has 0 atom stereocenters. The molecule has 0 fully saturated rings. The number of hydrogen-bond acceptors (Lipinski definition) is 3. The fraction of sp³-hybridized carbons (Fsp3) is 0.250. The van der Waals surface area contributed by atoms with Gasteiger partial charge >= 0.3 is 0 Å². The first-order chi connectivity index (χ1) is 5.27. The van der Waals surface area contributed by atoms with E-state index < -0.39 is 0 Å². The number of nitrogens with one attached hydrogen (secondary N) is 1. The summed E-state index contributed by atoms with van der Waals surface area (Å²) < 4.78 is 5.11. The van der Waals surface area contributed by atoms with Crippen LogP contribution in [0.25, 0.3) is 6.08 Å². The summed E-state index contributed by atoms with van der Waals surface area (Å²) in [6.07, 6.45) is 4.84. The number of allylic oxidation sites excluding steroid dienone is 1. The van der Waals surface area contributed by atoms with Crippen molar-refractivity contribution in [2.45, 2.75) is 13.8 Å². The lowest BCUT2D eigenvalue weighted by atomic mass is 10.3. The second kappa shape index (κ2) is 3.14. The average molecular weight is 150 g/mol. The zero-order valence-corrected chi connectivity index (χ0v) is 6.59. The molecule has 0 radical (unpaired) electrons. The lowest BCUT2D eigenvalue weighted by Crippen LogP contribution is -1.79. The number of hydrogen-bond donors (Lipinski definition) is 1. The highest BCUT2D eigenvalue weighted by atomic mass is 16.4. The Labute approximate surface area is 65.3 Å². The maximum absolute atomic E-state index is 6.98. The van der Waals surface area contributed by atoms with E-state index in [0.29, 0.717) is 11.7 Å². The first kappa shape index (κ1) is 7.72. The van der Waals surface area contributed by atoms with Gasteiger partial charge < -0.3 is 9.83 Å². The van der Waals surface area contributed by atoms with Crippen LogP contribution in [0.2, 0.25) is 0 Å². The predicted octanol–water partition coefficient (Wildman–Crippen LogP) is 2.01. The Kier molecular flexibility index (Phi) is 2.21. The van der Waals surface area contributed by atoms with Crippen LogP contribution >= 0.6 is 0 Å². The van der Waals surface area contributed by atoms with Gasteiger partial charge in [0.15, 0.2) is 11.7 Å². The Balaban J connectivity index is 3.11. The van der Waals surface area contributed by atoms with Crippen LogP contribution in [0.3, 0.4) is 0 Å². The summed E-state index contributed by atoms with van der Waals surface area (Å²) in [7, 11) is 0. The third-order valence-corrected chi connectivity index (χ3v) is 1.24. The third kappa shape index (κ3) is 1.55. The number of rotatable bonds is 2. The van der Waals surface area contributed by atoms with Crippen LogP contribution in [0.5, 0.6) is 0 Å². The highest BCUT2D eigenvalue weighted by molar-refractivity contribution is 5.78. The summed E-state index contributed by atoms with van der Waals surface area (Å²) in [5, 5.41) is 6.98. The highest BCUT2D eigenvalue weighted by Gasteiger charge is 2.03. The quantitative estimate of drug-likeness (QED) is 0.655. The van der Waals surface area contributed by atoms with Crippen LogP contribution in [-0.2, 0) is 0 Å². The van der Waals surface area contributed by atoms with Gasteiger partial charge in [-0.05, 0) is 13.0 Å². The van der Waals surface area contributed by atoms with Crippen LogP contribution in [0.4, 0.5) is 0 Å². The molecule has 0 bridgehead atoms. The lowest BCUT2D eigenvalue weighted by Gasteiger charge is -1.82. The molecular formula is C8H10N2O. The minimum atomic E-state index is 0.514. The predicted molar refractivity (Wildman–Crippen MR) is 43.8 cm³/mol. The standard InChI is InChI=1S/C8H10N2O/c1-3-4-7-8(5-9)11-6(2)10-7/h3-5,9H,1-2H3/b4-3-,9-5?. The van der Waals surface area contributed by atoms with Crippen molar-refractivity contribution in [1.82, 2.24) is 4.98 Å². The molecular weight excluding hydrogens is 140 g/mol. The van der Waals surface area contributed by atoms with Crippen LogP contribution < -0.4 is 0 Å². The number of aryl methyl sites for hydroxylation is 1. The molecule has 3 heteroatoms. The summed E-state index contributed by atoms with van der Waals surface area (Å²) >= 11 is 0. The van der Waals surface area contributed by atoms with Gasteiger partial charge in [0.05, 0.1) is 6.21 Å². The molecule has 11 heavy (non-hydrogen) atoms. The van der Waals surface area contributed by atoms with E-state index in [2.05, 4.69) is 4.98 Å². The van der Waals surface area contributed by atoms with Crippen LogP contribution in [0.15, 0.2) is 10.5 Å². The molecule has 0 unspecified atom stereocenters. The number of aromatic nitrogens is 1. The Morgan fingerprint density at radius 1 is 1.55 bits per heavy atom. The van der Waals surface area contributed by atoms with E-state index in [0.717, 1.165) is 11.9 Å². The van der Waals surface area contributed by atoms with Crippen molar-refractivity contribution < 1.29 is 4.42 Å². The fourth-order valence-corrected chi connectivity index (χ4v) is 0.840. The molecule has 58 valence electrons. The molecule has 0 saturated heterocycles. The van der Waals surface area contributed by atoms with Gasteiger partial charge in [0.1, 0.15) is 5.69 Å². The minimum Gasteiger partial charge on any atom is -0.439 e. The first-order valence-electron chi connectivity index (χ1n) is 3.38. The van der Waals surface area contributed by atoms with Gasteiger partial charge in [0, 0.05) is 6.92 Å². The summed E-state index contributed by atoms with van der Waals surface area (Å²) in [6, 6.07) is 0.